The van der Waals surface area contributed by atoms with Gasteiger partial charge in [-0.2, -0.15) is 13.2 Å². The van der Waals surface area contributed by atoms with Crippen LogP contribution in [0.4, 0.5) is 33.5 Å². The fraction of sp³-hybridized carbons (Fsp3) is 0.200. The van der Waals surface area contributed by atoms with Crippen LogP contribution in [0, 0.1) is 17.7 Å². The van der Waals surface area contributed by atoms with Gasteiger partial charge in [0.05, 0.1) is 28.7 Å². The highest BCUT2D eigenvalue weighted by Crippen LogP contribution is 2.43. The van der Waals surface area contributed by atoms with Crippen LogP contribution in [0.3, 0.4) is 0 Å². The summed E-state index contributed by atoms with van der Waals surface area (Å²) in [4.78, 5) is 34.0. The van der Waals surface area contributed by atoms with Gasteiger partial charge in [-0.15, -0.1) is 0 Å². The van der Waals surface area contributed by atoms with E-state index in [-0.39, 0.29) is 17.1 Å². The molecule has 4 rings (SSSR count). The summed E-state index contributed by atoms with van der Waals surface area (Å²) in [6, 6.07) is 7.25. The fourth-order valence-electron chi connectivity index (χ4n) is 4.43. The van der Waals surface area contributed by atoms with Crippen LogP contribution in [0.5, 0.6) is 0 Å². The number of carbonyl (C=O) groups excluding carboxylic acids is 2. The number of benzene rings is 1. The third kappa shape index (κ3) is 6.84. The summed E-state index contributed by atoms with van der Waals surface area (Å²) in [6.45, 7) is 1.76. The molecule has 0 saturated carbocycles. The summed E-state index contributed by atoms with van der Waals surface area (Å²) in [5.74, 6) is 1.52. The van der Waals surface area contributed by atoms with Crippen LogP contribution in [-0.2, 0) is 11.8 Å². The summed E-state index contributed by atoms with van der Waals surface area (Å²) < 4.78 is 68.0. The van der Waals surface area contributed by atoms with E-state index in [1.54, 1.807) is 29.1 Å². The van der Waals surface area contributed by atoms with Crippen molar-refractivity contribution in [2.75, 3.05) is 38.2 Å². The van der Waals surface area contributed by atoms with E-state index in [2.05, 4.69) is 33.7 Å². The number of carbonyl (C=O) groups is 2. The van der Waals surface area contributed by atoms with Crippen molar-refractivity contribution < 1.29 is 31.5 Å². The van der Waals surface area contributed by atoms with Crippen LogP contribution < -0.4 is 16.4 Å². The SMILES string of the molecule is C=C(F)C(=O)Nc1ccc(-c2c(-c3cnc(C(=O)NCC(F)(F)F)c(F)c3)c3c(N)ncc(C#CCN(C)C)c3n2C)cc1. The van der Waals surface area contributed by atoms with E-state index in [9.17, 15) is 27.2 Å². The fourth-order valence-corrected chi connectivity index (χ4v) is 4.43. The molecule has 4 N–H and O–H groups in total. The quantitative estimate of drug-likeness (QED) is 0.159. The van der Waals surface area contributed by atoms with Gasteiger partial charge in [-0.25, -0.2) is 18.7 Å². The topological polar surface area (TPSA) is 118 Å². The maximum absolute atomic E-state index is 15.2. The number of aromatic nitrogens is 3. The van der Waals surface area contributed by atoms with Crippen molar-refractivity contribution in [2.45, 2.75) is 6.18 Å². The summed E-state index contributed by atoms with van der Waals surface area (Å²) in [6.07, 6.45) is -2.04. The average Bonchev–Trinajstić information content (AvgIpc) is 3.26. The Labute approximate surface area is 248 Å². The van der Waals surface area contributed by atoms with Crippen molar-refractivity contribution in [3.05, 3.63) is 72.2 Å². The Morgan fingerprint density at radius 1 is 1.11 bits per heavy atom. The zero-order valence-corrected chi connectivity index (χ0v) is 23.7. The van der Waals surface area contributed by atoms with Gasteiger partial charge in [0, 0.05) is 36.3 Å². The van der Waals surface area contributed by atoms with Crippen molar-refractivity contribution in [1.82, 2.24) is 24.8 Å². The minimum atomic E-state index is -4.69. The third-order valence-corrected chi connectivity index (χ3v) is 6.31. The first kappa shape index (κ1) is 31.6. The molecule has 0 aliphatic heterocycles. The van der Waals surface area contributed by atoms with E-state index < -0.39 is 41.9 Å². The van der Waals surface area contributed by atoms with Crippen molar-refractivity contribution >= 4 is 34.2 Å². The highest BCUT2D eigenvalue weighted by atomic mass is 19.4. The number of aryl methyl sites for hydroxylation is 1. The van der Waals surface area contributed by atoms with Crippen molar-refractivity contribution in [3.63, 3.8) is 0 Å². The van der Waals surface area contributed by atoms with Crippen molar-refractivity contribution in [1.29, 1.82) is 0 Å². The van der Waals surface area contributed by atoms with E-state index >= 15 is 4.39 Å². The highest BCUT2D eigenvalue weighted by molar-refractivity contribution is 6.11. The van der Waals surface area contributed by atoms with Gasteiger partial charge in [-0.05, 0) is 37.9 Å². The number of nitrogens with zero attached hydrogens (tertiary/aromatic N) is 4. The van der Waals surface area contributed by atoms with Crippen molar-refractivity contribution in [2.24, 2.45) is 7.05 Å². The zero-order chi connectivity index (χ0) is 32.3. The van der Waals surface area contributed by atoms with E-state index in [1.807, 2.05) is 19.0 Å². The van der Waals surface area contributed by atoms with Crippen molar-refractivity contribution in [3.8, 4) is 34.2 Å². The largest absolute Gasteiger partial charge is 0.405 e. The molecule has 0 spiro atoms. The Morgan fingerprint density at radius 2 is 1.80 bits per heavy atom. The lowest BCUT2D eigenvalue weighted by molar-refractivity contribution is -0.123. The Bertz CT molecular complexity index is 1840. The summed E-state index contributed by atoms with van der Waals surface area (Å²) in [5, 5.41) is 4.35. The smallest absolute Gasteiger partial charge is 0.383 e. The number of rotatable bonds is 7. The van der Waals surface area contributed by atoms with Gasteiger partial charge >= 0.3 is 6.18 Å². The Hall–Kier alpha value is -5.29. The molecule has 9 nitrogen and oxygen atoms in total. The molecule has 44 heavy (non-hydrogen) atoms. The average molecular weight is 612 g/mol. The van der Waals surface area contributed by atoms with Crippen LogP contribution in [0.1, 0.15) is 16.1 Å². The molecule has 4 aromatic rings. The van der Waals surface area contributed by atoms with Crippen LogP contribution >= 0.6 is 0 Å². The molecule has 228 valence electrons. The number of hydrogen-bond acceptors (Lipinski definition) is 6. The lowest BCUT2D eigenvalue weighted by atomic mass is 9.98. The number of hydrogen-bond donors (Lipinski definition) is 3. The molecule has 0 fully saturated rings. The van der Waals surface area contributed by atoms with Crippen LogP contribution in [0.2, 0.25) is 0 Å². The van der Waals surface area contributed by atoms with Gasteiger partial charge in [-0.3, -0.25) is 14.5 Å². The lowest BCUT2D eigenvalue weighted by Crippen LogP contribution is -2.34. The first-order valence-electron chi connectivity index (χ1n) is 12.9. The van der Waals surface area contributed by atoms with E-state index in [0.717, 1.165) is 12.3 Å². The van der Waals surface area contributed by atoms with Gasteiger partial charge in [0.25, 0.3) is 11.8 Å². The van der Waals surface area contributed by atoms with Gasteiger partial charge < -0.3 is 20.9 Å². The number of alkyl halides is 3. The Balaban J connectivity index is 1.92. The number of nitrogens with one attached hydrogen (secondary N) is 2. The predicted molar refractivity (Wildman–Crippen MR) is 156 cm³/mol. The molecule has 3 aromatic heterocycles. The maximum Gasteiger partial charge on any atom is 0.405 e. The molecule has 0 bridgehead atoms. The van der Waals surface area contributed by atoms with Gasteiger partial charge in [0.15, 0.2) is 17.3 Å². The first-order chi connectivity index (χ1) is 20.7. The summed E-state index contributed by atoms with van der Waals surface area (Å²) >= 11 is 0. The molecule has 2 amide bonds. The van der Waals surface area contributed by atoms with E-state index in [1.165, 1.54) is 18.3 Å². The molecule has 0 aliphatic rings. The molecule has 0 atom stereocenters. The van der Waals surface area contributed by atoms with Gasteiger partial charge in [-0.1, -0.05) is 30.6 Å². The molecule has 1 aromatic carbocycles. The number of amides is 2. The molecule has 14 heteroatoms. The second-order valence-corrected chi connectivity index (χ2v) is 9.89. The molecule has 0 unspecified atom stereocenters. The summed E-state index contributed by atoms with van der Waals surface area (Å²) in [7, 11) is 5.44. The highest BCUT2D eigenvalue weighted by Gasteiger charge is 2.29. The van der Waals surface area contributed by atoms with Crippen LogP contribution in [-0.4, -0.2) is 64.6 Å². The zero-order valence-electron chi connectivity index (χ0n) is 23.7. The Morgan fingerprint density at radius 3 is 2.39 bits per heavy atom. The molecular formula is C30H26F5N7O2. The molecule has 0 saturated heterocycles. The second-order valence-electron chi connectivity index (χ2n) is 9.89. The number of nitrogen functional groups attached to an aromatic ring is 1. The number of halogens is 5. The maximum atomic E-state index is 15.2. The second kappa shape index (κ2) is 12.5. The standard InChI is InChI=1S/C30H26F5N7O2/c1-16(31)28(43)40-20-9-7-17(8-10-20)25-22(19-12-21(32)24(37-14-19)29(44)39-15-30(33,34)35)23-26(42(25)4)18(13-38-27(23)36)6-5-11-41(2)3/h7-10,12-14H,1,11,15H2,2-4H3,(H2,36,38)(H,39,44)(H,40,43). The Kier molecular flexibility index (Phi) is 9.00. The normalized spacial score (nSPS) is 11.3. The van der Waals surface area contributed by atoms with E-state index in [0.29, 0.717) is 39.8 Å². The van der Waals surface area contributed by atoms with E-state index in [4.69, 9.17) is 5.73 Å². The predicted octanol–water partition coefficient (Wildman–Crippen LogP) is 4.65. The number of nitrogens with two attached hydrogens (primary N) is 1. The van der Waals surface area contributed by atoms with Gasteiger partial charge in [0.2, 0.25) is 0 Å². The molecule has 3 heterocycles. The molecule has 0 radical (unpaired) electrons. The lowest BCUT2D eigenvalue weighted by Gasteiger charge is -2.12. The molecule has 0 aliphatic carbocycles. The number of anilines is 2. The minimum Gasteiger partial charge on any atom is -0.383 e. The third-order valence-electron chi connectivity index (χ3n) is 6.31. The number of fused-ring (bicyclic) bond motifs is 1. The first-order valence-corrected chi connectivity index (χ1v) is 12.9. The van der Waals surface area contributed by atoms with Gasteiger partial charge in [0.1, 0.15) is 12.4 Å². The number of pyridine rings is 2. The summed E-state index contributed by atoms with van der Waals surface area (Å²) in [5.41, 5.74) is 8.39. The monoisotopic (exact) mass is 611 g/mol. The minimum absolute atomic E-state index is 0.0766. The van der Waals surface area contributed by atoms with Crippen LogP contribution in [0.25, 0.3) is 33.3 Å². The molecular weight excluding hydrogens is 585 g/mol. The van der Waals surface area contributed by atoms with Crippen LogP contribution in [0.15, 0.2) is 55.1 Å².